The SMILES string of the molecule is CCCN1CCN(S(=O)(=O)c2cccc(O)c2)CC1. The van der Waals surface area contributed by atoms with Crippen molar-refractivity contribution in [2.45, 2.75) is 18.2 Å². The summed E-state index contributed by atoms with van der Waals surface area (Å²) in [7, 11) is -3.48. The van der Waals surface area contributed by atoms with Crippen LogP contribution in [-0.2, 0) is 10.0 Å². The van der Waals surface area contributed by atoms with Gasteiger partial charge in [0, 0.05) is 26.2 Å². The van der Waals surface area contributed by atoms with Crippen LogP contribution in [0.1, 0.15) is 13.3 Å². The van der Waals surface area contributed by atoms with E-state index in [-0.39, 0.29) is 10.6 Å². The number of nitrogens with zero attached hydrogens (tertiary/aromatic N) is 2. The lowest BCUT2D eigenvalue weighted by Crippen LogP contribution is -2.48. The molecule has 0 radical (unpaired) electrons. The number of phenolic OH excluding ortho intramolecular Hbond substituents is 1. The molecule has 2 rings (SSSR count). The molecule has 1 fully saturated rings. The van der Waals surface area contributed by atoms with Gasteiger partial charge in [-0.3, -0.25) is 0 Å². The number of aromatic hydroxyl groups is 1. The highest BCUT2D eigenvalue weighted by molar-refractivity contribution is 7.89. The molecule has 1 aromatic carbocycles. The van der Waals surface area contributed by atoms with Crippen LogP contribution >= 0.6 is 0 Å². The zero-order valence-electron chi connectivity index (χ0n) is 11.1. The number of hydrogen-bond donors (Lipinski definition) is 1. The fourth-order valence-electron chi connectivity index (χ4n) is 2.30. The standard InChI is InChI=1S/C13H20N2O3S/c1-2-6-14-7-9-15(10-8-14)19(17,18)13-5-3-4-12(16)11-13/h3-5,11,16H,2,6-10H2,1H3. The van der Waals surface area contributed by atoms with E-state index in [9.17, 15) is 13.5 Å². The molecule has 106 valence electrons. The summed E-state index contributed by atoms with van der Waals surface area (Å²) in [5, 5.41) is 9.40. The average Bonchev–Trinajstić information content (AvgIpc) is 2.40. The second-order valence-corrected chi connectivity index (χ2v) is 6.68. The minimum atomic E-state index is -3.48. The Balaban J connectivity index is 2.10. The van der Waals surface area contributed by atoms with Crippen LogP contribution in [0.25, 0.3) is 0 Å². The Morgan fingerprint density at radius 3 is 2.47 bits per heavy atom. The van der Waals surface area contributed by atoms with Crippen LogP contribution in [0.5, 0.6) is 5.75 Å². The largest absolute Gasteiger partial charge is 0.508 e. The molecule has 1 aromatic rings. The predicted molar refractivity (Wildman–Crippen MR) is 73.6 cm³/mol. The van der Waals surface area contributed by atoms with Gasteiger partial charge in [0.1, 0.15) is 5.75 Å². The first-order valence-corrected chi connectivity index (χ1v) is 7.99. The highest BCUT2D eigenvalue weighted by atomic mass is 32.2. The number of hydrogen-bond acceptors (Lipinski definition) is 4. The van der Waals surface area contributed by atoms with Crippen molar-refractivity contribution < 1.29 is 13.5 Å². The summed E-state index contributed by atoms with van der Waals surface area (Å²) in [6.07, 6.45) is 1.08. The predicted octanol–water partition coefficient (Wildman–Crippen LogP) is 1.11. The molecule has 0 saturated carbocycles. The minimum absolute atomic E-state index is 0.0225. The van der Waals surface area contributed by atoms with Gasteiger partial charge in [-0.1, -0.05) is 13.0 Å². The maximum Gasteiger partial charge on any atom is 0.243 e. The van der Waals surface area contributed by atoms with Gasteiger partial charge in [0.2, 0.25) is 10.0 Å². The zero-order valence-corrected chi connectivity index (χ0v) is 11.9. The van der Waals surface area contributed by atoms with E-state index in [4.69, 9.17) is 0 Å². The lowest BCUT2D eigenvalue weighted by atomic mass is 10.3. The van der Waals surface area contributed by atoms with E-state index in [1.807, 2.05) is 0 Å². The van der Waals surface area contributed by atoms with Crippen molar-refractivity contribution in [3.05, 3.63) is 24.3 Å². The number of rotatable bonds is 4. The van der Waals surface area contributed by atoms with Crippen LogP contribution in [0, 0.1) is 0 Å². The third-order valence-electron chi connectivity index (χ3n) is 3.33. The smallest absolute Gasteiger partial charge is 0.243 e. The molecule has 19 heavy (non-hydrogen) atoms. The maximum atomic E-state index is 12.4. The molecule has 0 bridgehead atoms. The van der Waals surface area contributed by atoms with Gasteiger partial charge in [-0.15, -0.1) is 0 Å². The Bertz CT molecular complexity index is 522. The molecule has 1 aliphatic heterocycles. The van der Waals surface area contributed by atoms with Crippen LogP contribution in [0.4, 0.5) is 0 Å². The van der Waals surface area contributed by atoms with E-state index < -0.39 is 10.0 Å². The highest BCUT2D eigenvalue weighted by Gasteiger charge is 2.28. The topological polar surface area (TPSA) is 60.9 Å². The van der Waals surface area contributed by atoms with Crippen LogP contribution in [0.3, 0.4) is 0 Å². The summed E-state index contributed by atoms with van der Waals surface area (Å²) in [5.74, 6) is -0.0225. The van der Waals surface area contributed by atoms with Gasteiger partial charge in [-0.05, 0) is 31.2 Å². The number of phenols is 1. The number of benzene rings is 1. The van der Waals surface area contributed by atoms with Crippen LogP contribution in [-0.4, -0.2) is 55.5 Å². The molecule has 1 heterocycles. The van der Waals surface area contributed by atoms with Crippen molar-refractivity contribution in [2.75, 3.05) is 32.7 Å². The molecule has 5 nitrogen and oxygen atoms in total. The quantitative estimate of drug-likeness (QED) is 0.899. The van der Waals surface area contributed by atoms with E-state index >= 15 is 0 Å². The molecular weight excluding hydrogens is 264 g/mol. The second kappa shape index (κ2) is 5.90. The van der Waals surface area contributed by atoms with E-state index in [1.165, 1.54) is 22.5 Å². The Kier molecular flexibility index (Phi) is 4.44. The van der Waals surface area contributed by atoms with E-state index in [0.717, 1.165) is 26.1 Å². The fourth-order valence-corrected chi connectivity index (χ4v) is 3.77. The van der Waals surface area contributed by atoms with Crippen molar-refractivity contribution in [3.63, 3.8) is 0 Å². The molecule has 0 aliphatic carbocycles. The summed E-state index contributed by atoms with van der Waals surface area (Å²) in [6, 6.07) is 5.84. The van der Waals surface area contributed by atoms with E-state index in [0.29, 0.717) is 13.1 Å². The number of sulfonamides is 1. The van der Waals surface area contributed by atoms with Crippen LogP contribution < -0.4 is 0 Å². The summed E-state index contributed by atoms with van der Waals surface area (Å²) >= 11 is 0. The third kappa shape index (κ3) is 3.26. The monoisotopic (exact) mass is 284 g/mol. The summed E-state index contributed by atoms with van der Waals surface area (Å²) in [4.78, 5) is 2.44. The van der Waals surface area contributed by atoms with Gasteiger partial charge in [-0.2, -0.15) is 4.31 Å². The Morgan fingerprint density at radius 2 is 1.89 bits per heavy atom. The summed E-state index contributed by atoms with van der Waals surface area (Å²) in [6.45, 7) is 5.70. The minimum Gasteiger partial charge on any atom is -0.508 e. The normalized spacial score (nSPS) is 18.6. The van der Waals surface area contributed by atoms with E-state index in [1.54, 1.807) is 6.07 Å². The summed E-state index contributed by atoms with van der Waals surface area (Å²) in [5.41, 5.74) is 0. The highest BCUT2D eigenvalue weighted by Crippen LogP contribution is 2.21. The molecule has 0 aromatic heterocycles. The van der Waals surface area contributed by atoms with Crippen molar-refractivity contribution in [3.8, 4) is 5.75 Å². The fraction of sp³-hybridized carbons (Fsp3) is 0.538. The first kappa shape index (κ1) is 14.3. The van der Waals surface area contributed by atoms with Gasteiger partial charge in [0.25, 0.3) is 0 Å². The molecule has 1 N–H and O–H groups in total. The van der Waals surface area contributed by atoms with Gasteiger partial charge >= 0.3 is 0 Å². The number of piperazine rings is 1. The molecule has 1 aliphatic rings. The average molecular weight is 284 g/mol. The summed E-state index contributed by atoms with van der Waals surface area (Å²) < 4.78 is 26.3. The van der Waals surface area contributed by atoms with Crippen LogP contribution in [0.2, 0.25) is 0 Å². The van der Waals surface area contributed by atoms with Crippen molar-refractivity contribution >= 4 is 10.0 Å². The van der Waals surface area contributed by atoms with Gasteiger partial charge in [0.05, 0.1) is 4.90 Å². The zero-order chi connectivity index (χ0) is 13.9. The first-order valence-electron chi connectivity index (χ1n) is 6.55. The Morgan fingerprint density at radius 1 is 1.21 bits per heavy atom. The van der Waals surface area contributed by atoms with Crippen LogP contribution in [0.15, 0.2) is 29.2 Å². The molecule has 0 unspecified atom stereocenters. The molecule has 6 heteroatoms. The Hall–Kier alpha value is -1.11. The van der Waals surface area contributed by atoms with Gasteiger partial charge in [0.15, 0.2) is 0 Å². The van der Waals surface area contributed by atoms with Crippen molar-refractivity contribution in [1.82, 2.24) is 9.21 Å². The lowest BCUT2D eigenvalue weighted by molar-refractivity contribution is 0.188. The van der Waals surface area contributed by atoms with Gasteiger partial charge < -0.3 is 10.0 Å². The Labute approximate surface area is 114 Å². The maximum absolute atomic E-state index is 12.4. The third-order valence-corrected chi connectivity index (χ3v) is 5.22. The lowest BCUT2D eigenvalue weighted by Gasteiger charge is -2.33. The molecule has 0 atom stereocenters. The molecular formula is C13H20N2O3S. The second-order valence-electron chi connectivity index (χ2n) is 4.74. The van der Waals surface area contributed by atoms with Gasteiger partial charge in [-0.25, -0.2) is 8.42 Å². The molecule has 1 saturated heterocycles. The molecule has 0 spiro atoms. The van der Waals surface area contributed by atoms with Crippen molar-refractivity contribution in [2.24, 2.45) is 0 Å². The van der Waals surface area contributed by atoms with Crippen molar-refractivity contribution in [1.29, 1.82) is 0 Å². The van der Waals surface area contributed by atoms with E-state index in [2.05, 4.69) is 11.8 Å². The molecule has 0 amide bonds. The first-order chi connectivity index (χ1) is 9.04.